The van der Waals surface area contributed by atoms with Gasteiger partial charge < -0.3 is 14.3 Å². The van der Waals surface area contributed by atoms with Crippen LogP contribution in [0, 0.1) is 0 Å². The minimum Gasteiger partial charge on any atom is -0.411 e. The number of rotatable bonds is 9. The number of aliphatic hydroxyl groups excluding tert-OH is 1. The molecule has 0 aliphatic heterocycles. The van der Waals surface area contributed by atoms with Crippen LogP contribution < -0.4 is 0 Å². The van der Waals surface area contributed by atoms with Crippen LogP contribution in [0.2, 0.25) is 18.1 Å². The third-order valence-corrected chi connectivity index (χ3v) is 8.97. The fourth-order valence-electron chi connectivity index (χ4n) is 1.95. The van der Waals surface area contributed by atoms with E-state index in [2.05, 4.69) is 43.9 Å². The summed E-state index contributed by atoms with van der Waals surface area (Å²) in [5.74, 6) is 0. The van der Waals surface area contributed by atoms with E-state index in [-0.39, 0.29) is 18.3 Å². The van der Waals surface area contributed by atoms with Crippen LogP contribution in [-0.2, 0) is 15.8 Å². The second-order valence-corrected chi connectivity index (χ2v) is 12.1. The molecule has 0 bridgehead atoms. The largest absolute Gasteiger partial charge is 0.411 e. The van der Waals surface area contributed by atoms with Crippen LogP contribution in [0.25, 0.3) is 10.4 Å². The quantitative estimate of drug-likeness (QED) is 0.312. The minimum absolute atomic E-state index is 0.00617. The van der Waals surface area contributed by atoms with Gasteiger partial charge in [-0.2, -0.15) is 0 Å². The van der Waals surface area contributed by atoms with Gasteiger partial charge in [0.25, 0.3) is 0 Å². The van der Waals surface area contributed by atoms with Gasteiger partial charge in [-0.3, -0.25) is 0 Å². The van der Waals surface area contributed by atoms with Gasteiger partial charge in [0, 0.05) is 4.91 Å². The smallest absolute Gasteiger partial charge is 0.192 e. The maximum absolute atomic E-state index is 9.73. The zero-order valence-electron chi connectivity index (χ0n) is 15.3. The standard InChI is InChI=1S/C17H29N3O3Si/c1-17(2,3)24(4,5)23-16(11-21)15(19-20-18)13-22-12-14-9-7-6-8-10-14/h6-10,15-16,21H,11-13H2,1-5H3/t15-,16+/m1/s1. The van der Waals surface area contributed by atoms with Crippen LogP contribution in [-0.4, -0.2) is 38.8 Å². The van der Waals surface area contributed by atoms with Gasteiger partial charge in [-0.05, 0) is 29.2 Å². The van der Waals surface area contributed by atoms with Gasteiger partial charge in [-0.1, -0.05) is 56.2 Å². The van der Waals surface area contributed by atoms with E-state index in [9.17, 15) is 5.11 Å². The molecule has 0 fully saturated rings. The Kier molecular flexibility index (Phi) is 7.92. The van der Waals surface area contributed by atoms with E-state index >= 15 is 0 Å². The highest BCUT2D eigenvalue weighted by atomic mass is 28.4. The van der Waals surface area contributed by atoms with Crippen LogP contribution in [0.1, 0.15) is 26.3 Å². The summed E-state index contributed by atoms with van der Waals surface area (Å²) in [5.41, 5.74) is 9.88. The van der Waals surface area contributed by atoms with E-state index in [1.807, 2.05) is 30.3 Å². The molecule has 2 atom stereocenters. The lowest BCUT2D eigenvalue weighted by molar-refractivity contribution is 0.0325. The summed E-state index contributed by atoms with van der Waals surface area (Å²) in [6, 6.07) is 9.22. The van der Waals surface area contributed by atoms with Gasteiger partial charge in [0.05, 0.1) is 32.0 Å². The lowest BCUT2D eigenvalue weighted by Gasteiger charge is -2.40. The highest BCUT2D eigenvalue weighted by Gasteiger charge is 2.40. The lowest BCUT2D eigenvalue weighted by Crippen LogP contribution is -2.48. The van der Waals surface area contributed by atoms with Crippen molar-refractivity contribution >= 4 is 8.32 Å². The molecule has 7 heteroatoms. The zero-order valence-corrected chi connectivity index (χ0v) is 16.3. The number of benzene rings is 1. The zero-order chi connectivity index (χ0) is 18.2. The van der Waals surface area contributed by atoms with Gasteiger partial charge in [0.2, 0.25) is 0 Å². The first-order valence-electron chi connectivity index (χ1n) is 8.16. The molecular formula is C17H29N3O3Si. The first kappa shape index (κ1) is 20.7. The molecule has 1 rings (SSSR count). The van der Waals surface area contributed by atoms with Crippen LogP contribution in [0.15, 0.2) is 35.4 Å². The molecule has 0 unspecified atom stereocenters. The van der Waals surface area contributed by atoms with Crippen LogP contribution in [0.4, 0.5) is 0 Å². The fourth-order valence-corrected chi connectivity index (χ4v) is 3.29. The molecule has 0 spiro atoms. The first-order valence-corrected chi connectivity index (χ1v) is 11.1. The van der Waals surface area contributed by atoms with Crippen molar-refractivity contribution in [3.8, 4) is 0 Å². The van der Waals surface area contributed by atoms with Crippen molar-refractivity contribution < 1.29 is 14.3 Å². The van der Waals surface area contributed by atoms with E-state index in [0.29, 0.717) is 6.61 Å². The van der Waals surface area contributed by atoms with Crippen molar-refractivity contribution in [3.63, 3.8) is 0 Å². The van der Waals surface area contributed by atoms with Crippen molar-refractivity contribution in [2.24, 2.45) is 5.11 Å². The third kappa shape index (κ3) is 6.26. The molecule has 0 saturated heterocycles. The monoisotopic (exact) mass is 351 g/mol. The second-order valence-electron chi connectivity index (χ2n) is 7.37. The number of hydrogen-bond donors (Lipinski definition) is 1. The maximum Gasteiger partial charge on any atom is 0.192 e. The number of nitrogens with zero attached hydrogens (tertiary/aromatic N) is 3. The number of hydrogen-bond acceptors (Lipinski definition) is 4. The van der Waals surface area contributed by atoms with E-state index < -0.39 is 20.5 Å². The molecule has 1 N–H and O–H groups in total. The maximum atomic E-state index is 9.73. The Morgan fingerprint density at radius 2 is 1.88 bits per heavy atom. The number of azide groups is 1. The average Bonchev–Trinajstić information content (AvgIpc) is 2.52. The summed E-state index contributed by atoms with van der Waals surface area (Å²) >= 11 is 0. The topological polar surface area (TPSA) is 87.5 Å². The summed E-state index contributed by atoms with van der Waals surface area (Å²) in [6.07, 6.45) is -0.558. The average molecular weight is 352 g/mol. The summed E-state index contributed by atoms with van der Waals surface area (Å²) < 4.78 is 11.9. The highest BCUT2D eigenvalue weighted by molar-refractivity contribution is 6.74. The van der Waals surface area contributed by atoms with E-state index in [0.717, 1.165) is 5.56 Å². The number of aliphatic hydroxyl groups is 1. The molecule has 24 heavy (non-hydrogen) atoms. The normalized spacial score (nSPS) is 14.8. The van der Waals surface area contributed by atoms with Gasteiger partial charge in [0.1, 0.15) is 0 Å². The summed E-state index contributed by atoms with van der Waals surface area (Å²) in [7, 11) is -2.08. The Bertz CT molecular complexity index is 540. The Balaban J connectivity index is 2.71. The van der Waals surface area contributed by atoms with Crippen molar-refractivity contribution in [1.82, 2.24) is 0 Å². The molecule has 0 aliphatic rings. The Morgan fingerprint density at radius 3 is 2.38 bits per heavy atom. The van der Waals surface area contributed by atoms with Crippen molar-refractivity contribution in [3.05, 3.63) is 46.3 Å². The Morgan fingerprint density at radius 1 is 1.25 bits per heavy atom. The van der Waals surface area contributed by atoms with Gasteiger partial charge in [-0.15, -0.1) is 0 Å². The van der Waals surface area contributed by atoms with Crippen LogP contribution in [0.5, 0.6) is 0 Å². The van der Waals surface area contributed by atoms with E-state index in [1.54, 1.807) is 0 Å². The predicted molar refractivity (Wildman–Crippen MR) is 98.2 cm³/mol. The summed E-state index contributed by atoms with van der Waals surface area (Å²) in [5, 5.41) is 13.5. The van der Waals surface area contributed by atoms with Crippen molar-refractivity contribution in [2.45, 2.75) is 57.7 Å². The van der Waals surface area contributed by atoms with E-state index in [1.165, 1.54) is 0 Å². The van der Waals surface area contributed by atoms with Crippen LogP contribution in [0.3, 0.4) is 0 Å². The molecule has 0 heterocycles. The van der Waals surface area contributed by atoms with Gasteiger partial charge in [-0.25, -0.2) is 0 Å². The Labute approximate surface area is 145 Å². The molecule has 6 nitrogen and oxygen atoms in total. The van der Waals surface area contributed by atoms with E-state index in [4.69, 9.17) is 14.7 Å². The molecule has 0 aromatic heterocycles. The minimum atomic E-state index is -2.08. The summed E-state index contributed by atoms with van der Waals surface area (Å²) in [6.45, 7) is 11.0. The first-order chi connectivity index (χ1) is 11.2. The molecule has 0 amide bonds. The molecule has 1 aromatic carbocycles. The Hall–Kier alpha value is -1.37. The molecule has 0 saturated carbocycles. The van der Waals surface area contributed by atoms with Crippen molar-refractivity contribution in [2.75, 3.05) is 13.2 Å². The molecule has 0 aliphatic carbocycles. The molecule has 0 radical (unpaired) electrons. The molecule has 134 valence electrons. The van der Waals surface area contributed by atoms with Gasteiger partial charge in [0.15, 0.2) is 8.32 Å². The summed E-state index contributed by atoms with van der Waals surface area (Å²) in [4.78, 5) is 2.89. The SMILES string of the molecule is CC(C)(C)[Si](C)(C)O[C@@H](CO)[C@@H](COCc1ccccc1)N=[N+]=[N-]. The highest BCUT2D eigenvalue weighted by Crippen LogP contribution is 2.37. The predicted octanol–water partition coefficient (Wildman–Crippen LogP) is 4.26. The molecule has 1 aromatic rings. The van der Waals surface area contributed by atoms with Gasteiger partial charge >= 0.3 is 0 Å². The lowest BCUT2D eigenvalue weighted by atomic mass is 10.2. The molecular weight excluding hydrogens is 322 g/mol. The second kappa shape index (κ2) is 9.20. The number of ether oxygens (including phenoxy) is 1. The fraction of sp³-hybridized carbons (Fsp3) is 0.647. The third-order valence-electron chi connectivity index (χ3n) is 4.46. The van der Waals surface area contributed by atoms with Crippen LogP contribution >= 0.6 is 0 Å². The van der Waals surface area contributed by atoms with Crippen molar-refractivity contribution in [1.29, 1.82) is 0 Å².